The molecule has 1 aromatic carbocycles. The minimum atomic E-state index is 0.0292. The van der Waals surface area contributed by atoms with Gasteiger partial charge in [-0.05, 0) is 36.8 Å². The number of pyridine rings is 1. The molecule has 0 unspecified atom stereocenters. The summed E-state index contributed by atoms with van der Waals surface area (Å²) in [4.78, 5) is 21.8. The highest BCUT2D eigenvalue weighted by Crippen LogP contribution is 2.34. The van der Waals surface area contributed by atoms with Gasteiger partial charge in [-0.25, -0.2) is 4.98 Å². The highest BCUT2D eigenvalue weighted by atomic mass is 32.2. The van der Waals surface area contributed by atoms with Crippen LogP contribution in [0.15, 0.2) is 53.0 Å². The van der Waals surface area contributed by atoms with Crippen molar-refractivity contribution in [2.45, 2.75) is 17.7 Å². The van der Waals surface area contributed by atoms with E-state index in [2.05, 4.69) is 20.7 Å². The second kappa shape index (κ2) is 9.76. The maximum atomic E-state index is 12.1. The van der Waals surface area contributed by atoms with E-state index in [9.17, 15) is 4.79 Å². The summed E-state index contributed by atoms with van der Waals surface area (Å²) < 4.78 is 11.1. The molecule has 0 aliphatic carbocycles. The van der Waals surface area contributed by atoms with E-state index in [-0.39, 0.29) is 5.91 Å². The third-order valence-electron chi connectivity index (χ3n) is 4.30. The molecule has 0 fully saturated rings. The second-order valence-electron chi connectivity index (χ2n) is 6.41. The predicted octanol–water partition coefficient (Wildman–Crippen LogP) is 3.82. The molecule has 1 aliphatic heterocycles. The number of rotatable bonds is 8. The molecule has 0 saturated heterocycles. The lowest BCUT2D eigenvalue weighted by molar-refractivity contribution is -0.118. The van der Waals surface area contributed by atoms with Crippen LogP contribution in [0.5, 0.6) is 11.5 Å². The van der Waals surface area contributed by atoms with Crippen molar-refractivity contribution in [1.29, 1.82) is 0 Å². The van der Waals surface area contributed by atoms with Crippen molar-refractivity contribution in [3.8, 4) is 22.8 Å². The number of thiazole rings is 1. The number of nitrogens with one attached hydrogen (secondary N) is 1. The smallest absolute Gasteiger partial charge is 0.230 e. The van der Waals surface area contributed by atoms with Crippen LogP contribution in [0.4, 0.5) is 0 Å². The minimum absolute atomic E-state index is 0.0292. The highest BCUT2D eigenvalue weighted by Gasteiger charge is 2.12. The van der Waals surface area contributed by atoms with Crippen LogP contribution in [0.1, 0.15) is 11.4 Å². The summed E-state index contributed by atoms with van der Waals surface area (Å²) >= 11 is 3.15. The predicted molar refractivity (Wildman–Crippen MR) is 115 cm³/mol. The molecule has 6 nitrogen and oxygen atoms in total. The molecule has 29 heavy (non-hydrogen) atoms. The lowest BCUT2D eigenvalue weighted by atomic mass is 10.2. The van der Waals surface area contributed by atoms with Gasteiger partial charge in [-0.1, -0.05) is 0 Å². The van der Waals surface area contributed by atoms with Crippen molar-refractivity contribution in [3.63, 3.8) is 0 Å². The third kappa shape index (κ3) is 5.48. The van der Waals surface area contributed by atoms with Gasteiger partial charge >= 0.3 is 0 Å². The topological polar surface area (TPSA) is 73.3 Å². The molecule has 150 valence electrons. The molecule has 1 aliphatic rings. The number of carbonyl (C=O) groups is 1. The summed E-state index contributed by atoms with van der Waals surface area (Å²) in [7, 11) is 0. The number of thioether (sulfide) groups is 1. The van der Waals surface area contributed by atoms with Gasteiger partial charge in [-0.15, -0.1) is 23.1 Å². The molecule has 0 spiro atoms. The van der Waals surface area contributed by atoms with Gasteiger partial charge in [0.2, 0.25) is 5.91 Å². The summed E-state index contributed by atoms with van der Waals surface area (Å²) in [6.07, 6.45) is 5.26. The summed E-state index contributed by atoms with van der Waals surface area (Å²) in [5, 5.41) is 6.12. The highest BCUT2D eigenvalue weighted by molar-refractivity contribution is 8.00. The van der Waals surface area contributed by atoms with Gasteiger partial charge in [0.15, 0.2) is 11.5 Å². The van der Waals surface area contributed by atoms with Crippen molar-refractivity contribution in [3.05, 3.63) is 53.1 Å². The van der Waals surface area contributed by atoms with Crippen molar-refractivity contribution in [2.75, 3.05) is 25.5 Å². The van der Waals surface area contributed by atoms with Crippen LogP contribution in [-0.2, 0) is 11.2 Å². The standard InChI is InChI=1S/C21H21N3O3S2/c25-20(14-28-16-3-4-18-19(12-16)27-11-10-26-18)23-7-1-2-21-24-17(13-29-21)15-5-8-22-9-6-15/h3-6,8-9,12-13H,1-2,7,10-11,14H2,(H,23,25). The average Bonchev–Trinajstić information content (AvgIpc) is 3.25. The summed E-state index contributed by atoms with van der Waals surface area (Å²) in [5.41, 5.74) is 2.05. The first-order chi connectivity index (χ1) is 14.3. The molecule has 1 amide bonds. The quantitative estimate of drug-likeness (QED) is 0.435. The maximum Gasteiger partial charge on any atom is 0.230 e. The molecular formula is C21H21N3O3S2. The summed E-state index contributed by atoms with van der Waals surface area (Å²) in [6, 6.07) is 9.68. The number of nitrogens with zero attached hydrogens (tertiary/aromatic N) is 2. The Balaban J connectivity index is 1.17. The first-order valence-electron chi connectivity index (χ1n) is 9.42. The monoisotopic (exact) mass is 427 g/mol. The van der Waals surface area contributed by atoms with Crippen molar-refractivity contribution in [1.82, 2.24) is 15.3 Å². The number of amides is 1. The zero-order valence-electron chi connectivity index (χ0n) is 15.8. The molecule has 0 radical (unpaired) electrons. The van der Waals surface area contributed by atoms with E-state index >= 15 is 0 Å². The molecule has 3 aromatic rings. The van der Waals surface area contributed by atoms with Crippen LogP contribution in [0.2, 0.25) is 0 Å². The van der Waals surface area contributed by atoms with E-state index in [1.54, 1.807) is 23.7 Å². The average molecular weight is 428 g/mol. The SMILES string of the molecule is O=C(CSc1ccc2c(c1)OCCO2)NCCCc1nc(-c2ccncc2)cs1. The van der Waals surface area contributed by atoms with Gasteiger partial charge < -0.3 is 14.8 Å². The fourth-order valence-corrected chi connectivity index (χ4v) is 4.47. The number of hydrogen-bond acceptors (Lipinski definition) is 7. The normalized spacial score (nSPS) is 12.6. The van der Waals surface area contributed by atoms with Gasteiger partial charge in [0.1, 0.15) is 13.2 Å². The van der Waals surface area contributed by atoms with Crippen LogP contribution in [-0.4, -0.2) is 41.4 Å². The molecule has 0 bridgehead atoms. The van der Waals surface area contributed by atoms with E-state index in [0.717, 1.165) is 45.5 Å². The summed E-state index contributed by atoms with van der Waals surface area (Å²) in [5.74, 6) is 1.92. The second-order valence-corrected chi connectivity index (χ2v) is 8.40. The number of carbonyl (C=O) groups excluding carboxylic acids is 1. The van der Waals surface area contributed by atoms with E-state index in [4.69, 9.17) is 9.47 Å². The van der Waals surface area contributed by atoms with Crippen LogP contribution in [0, 0.1) is 0 Å². The Morgan fingerprint density at radius 3 is 2.83 bits per heavy atom. The fraction of sp³-hybridized carbons (Fsp3) is 0.286. The van der Waals surface area contributed by atoms with Crippen molar-refractivity contribution in [2.24, 2.45) is 0 Å². The lowest BCUT2D eigenvalue weighted by Gasteiger charge is -2.18. The van der Waals surface area contributed by atoms with Gasteiger partial charge in [-0.2, -0.15) is 0 Å². The van der Waals surface area contributed by atoms with Gasteiger partial charge in [0.05, 0.1) is 16.5 Å². The molecule has 0 atom stereocenters. The Labute approximate surface area is 177 Å². The largest absolute Gasteiger partial charge is 0.486 e. The number of hydrogen-bond donors (Lipinski definition) is 1. The Kier molecular flexibility index (Phi) is 6.63. The molecular weight excluding hydrogens is 406 g/mol. The first kappa shape index (κ1) is 19.7. The fourth-order valence-electron chi connectivity index (χ4n) is 2.86. The Morgan fingerprint density at radius 2 is 1.97 bits per heavy atom. The van der Waals surface area contributed by atoms with Crippen LogP contribution >= 0.6 is 23.1 Å². The van der Waals surface area contributed by atoms with Gasteiger partial charge in [0, 0.05) is 41.2 Å². The number of aromatic nitrogens is 2. The Bertz CT molecular complexity index is 963. The summed E-state index contributed by atoms with van der Waals surface area (Å²) in [6.45, 7) is 1.78. The zero-order chi connectivity index (χ0) is 19.9. The van der Waals surface area contributed by atoms with Crippen molar-refractivity contribution < 1.29 is 14.3 Å². The van der Waals surface area contributed by atoms with Crippen LogP contribution < -0.4 is 14.8 Å². The number of fused-ring (bicyclic) bond motifs is 1. The molecule has 4 rings (SSSR count). The third-order valence-corrected chi connectivity index (χ3v) is 6.20. The van der Waals surface area contributed by atoms with E-state index in [0.29, 0.717) is 25.5 Å². The zero-order valence-corrected chi connectivity index (χ0v) is 17.4. The number of benzene rings is 1. The molecule has 2 aromatic heterocycles. The van der Waals surface area contributed by atoms with E-state index in [1.807, 2.05) is 30.3 Å². The van der Waals surface area contributed by atoms with Crippen LogP contribution in [0.25, 0.3) is 11.3 Å². The van der Waals surface area contributed by atoms with Gasteiger partial charge in [0.25, 0.3) is 0 Å². The minimum Gasteiger partial charge on any atom is -0.486 e. The Morgan fingerprint density at radius 1 is 1.14 bits per heavy atom. The Hall–Kier alpha value is -2.58. The molecule has 1 N–H and O–H groups in total. The first-order valence-corrected chi connectivity index (χ1v) is 11.3. The lowest BCUT2D eigenvalue weighted by Crippen LogP contribution is -2.26. The van der Waals surface area contributed by atoms with Crippen LogP contribution in [0.3, 0.4) is 0 Å². The van der Waals surface area contributed by atoms with Gasteiger partial charge in [-0.3, -0.25) is 9.78 Å². The van der Waals surface area contributed by atoms with E-state index < -0.39 is 0 Å². The molecule has 0 saturated carbocycles. The maximum absolute atomic E-state index is 12.1. The molecule has 3 heterocycles. The van der Waals surface area contributed by atoms with E-state index in [1.165, 1.54) is 11.8 Å². The molecule has 8 heteroatoms. The number of ether oxygens (including phenoxy) is 2. The van der Waals surface area contributed by atoms with Crippen molar-refractivity contribution >= 4 is 29.0 Å². The number of aryl methyl sites for hydroxylation is 1.